The molecule has 0 aliphatic carbocycles. The normalized spacial score (nSPS) is 13.3. The molecule has 0 unspecified atom stereocenters. The Morgan fingerprint density at radius 3 is 2.04 bits per heavy atom. The number of hydrogen-bond donors (Lipinski definition) is 0. The third-order valence-corrected chi connectivity index (χ3v) is 8.75. The fourth-order valence-corrected chi connectivity index (χ4v) is 6.05. The molecule has 0 bridgehead atoms. The van der Waals surface area contributed by atoms with Crippen molar-refractivity contribution in [2.24, 2.45) is 0 Å². The van der Waals surface area contributed by atoms with E-state index in [2.05, 4.69) is 147 Å². The molecular weight excluding hydrogens is 553 g/mol. The van der Waals surface area contributed by atoms with Gasteiger partial charge in [0.15, 0.2) is 0 Å². The van der Waals surface area contributed by atoms with E-state index in [1.165, 1.54) is 60.9 Å². The maximum atomic E-state index is 4.55. The highest BCUT2D eigenvalue weighted by molar-refractivity contribution is 5.97. The lowest BCUT2D eigenvalue weighted by molar-refractivity contribution is 1.22. The van der Waals surface area contributed by atoms with E-state index in [4.69, 9.17) is 0 Å². The Kier molecular flexibility index (Phi) is 12.7. The van der Waals surface area contributed by atoms with Crippen LogP contribution in [0.25, 0.3) is 34.1 Å². The van der Waals surface area contributed by atoms with E-state index in [1.807, 2.05) is 37.3 Å². The summed E-state index contributed by atoms with van der Waals surface area (Å²) in [5, 5.41) is 2.48. The zero-order valence-electron chi connectivity index (χ0n) is 29.1. The van der Waals surface area contributed by atoms with Crippen LogP contribution in [0.1, 0.15) is 73.1 Å². The summed E-state index contributed by atoms with van der Waals surface area (Å²) in [5.74, 6) is 0. The second-order valence-corrected chi connectivity index (χ2v) is 11.8. The molecule has 0 amide bonds. The molecule has 0 aliphatic rings. The first-order valence-electron chi connectivity index (χ1n) is 16.0. The zero-order valence-corrected chi connectivity index (χ0v) is 29.1. The van der Waals surface area contributed by atoms with Crippen molar-refractivity contribution in [2.45, 2.75) is 54.9 Å². The first-order valence-corrected chi connectivity index (χ1v) is 16.0. The van der Waals surface area contributed by atoms with Gasteiger partial charge in [0.25, 0.3) is 0 Å². The van der Waals surface area contributed by atoms with Crippen LogP contribution in [-0.2, 0) is 0 Å². The monoisotopic (exact) mass is 602 g/mol. The first-order chi connectivity index (χ1) is 22.0. The minimum absolute atomic E-state index is 0.910. The van der Waals surface area contributed by atoms with Crippen molar-refractivity contribution in [1.82, 2.24) is 0 Å². The average molecular weight is 603 g/mol. The molecule has 0 heterocycles. The van der Waals surface area contributed by atoms with Crippen molar-refractivity contribution in [2.75, 3.05) is 0 Å². The molecule has 234 valence electrons. The lowest BCUT2D eigenvalue weighted by Gasteiger charge is -2.18. The summed E-state index contributed by atoms with van der Waals surface area (Å²) < 4.78 is 0. The summed E-state index contributed by atoms with van der Waals surface area (Å²) >= 11 is 0. The molecular formula is C46H50. The fraction of sp³-hybridized carbons (Fsp3) is 0.174. The van der Waals surface area contributed by atoms with E-state index in [-0.39, 0.29) is 0 Å². The van der Waals surface area contributed by atoms with Gasteiger partial charge < -0.3 is 0 Å². The van der Waals surface area contributed by atoms with E-state index in [0.29, 0.717) is 0 Å². The van der Waals surface area contributed by atoms with Gasteiger partial charge in [0.2, 0.25) is 0 Å². The molecule has 0 saturated carbocycles. The van der Waals surface area contributed by atoms with E-state index < -0.39 is 0 Å². The van der Waals surface area contributed by atoms with Crippen LogP contribution >= 0.6 is 0 Å². The molecule has 3 aromatic rings. The topological polar surface area (TPSA) is 0 Å². The van der Waals surface area contributed by atoms with Crippen molar-refractivity contribution in [3.63, 3.8) is 0 Å². The van der Waals surface area contributed by atoms with Crippen LogP contribution in [0, 0.1) is 20.8 Å². The number of aryl methyl sites for hydroxylation is 1. The number of rotatable bonds is 13. The highest BCUT2D eigenvalue weighted by Crippen LogP contribution is 2.35. The highest BCUT2D eigenvalue weighted by atomic mass is 14.2. The Labute approximate surface area is 279 Å². The van der Waals surface area contributed by atoms with Gasteiger partial charge in [-0.15, -0.1) is 0 Å². The van der Waals surface area contributed by atoms with E-state index in [9.17, 15) is 0 Å². The van der Waals surface area contributed by atoms with Crippen molar-refractivity contribution < 1.29 is 0 Å². The van der Waals surface area contributed by atoms with E-state index in [1.54, 1.807) is 0 Å². The van der Waals surface area contributed by atoms with Gasteiger partial charge in [-0.05, 0) is 143 Å². The molecule has 0 aromatic heterocycles. The third kappa shape index (κ3) is 7.82. The van der Waals surface area contributed by atoms with Gasteiger partial charge in [-0.25, -0.2) is 0 Å². The van der Waals surface area contributed by atoms with Crippen LogP contribution in [0.3, 0.4) is 0 Å². The summed E-state index contributed by atoms with van der Waals surface area (Å²) in [5.41, 5.74) is 16.1. The zero-order chi connectivity index (χ0) is 34.0. The molecule has 3 rings (SSSR count). The van der Waals surface area contributed by atoms with Gasteiger partial charge in [-0.1, -0.05) is 136 Å². The maximum absolute atomic E-state index is 4.55. The van der Waals surface area contributed by atoms with Crippen molar-refractivity contribution in [3.05, 3.63) is 191 Å². The molecule has 0 heteroatoms. The van der Waals surface area contributed by atoms with Crippen molar-refractivity contribution in [1.29, 1.82) is 0 Å². The molecule has 46 heavy (non-hydrogen) atoms. The predicted molar refractivity (Wildman–Crippen MR) is 210 cm³/mol. The Balaban J connectivity index is 2.23. The van der Waals surface area contributed by atoms with Crippen LogP contribution < -0.4 is 0 Å². The van der Waals surface area contributed by atoms with E-state index >= 15 is 0 Å². The molecule has 0 saturated heterocycles. The molecule has 0 aliphatic heterocycles. The summed E-state index contributed by atoms with van der Waals surface area (Å²) in [4.78, 5) is 0. The number of fused-ring (bicyclic) bond motifs is 1. The summed E-state index contributed by atoms with van der Waals surface area (Å²) in [6, 6.07) is 15.1. The minimum Gasteiger partial charge on any atom is -0.0991 e. The summed E-state index contributed by atoms with van der Waals surface area (Å²) in [7, 11) is 0. The van der Waals surface area contributed by atoms with Crippen LogP contribution in [0.2, 0.25) is 0 Å². The van der Waals surface area contributed by atoms with Crippen LogP contribution in [-0.4, -0.2) is 0 Å². The smallest absolute Gasteiger partial charge is 0.0106 e. The largest absolute Gasteiger partial charge is 0.0991 e. The maximum Gasteiger partial charge on any atom is -0.0106 e. The Morgan fingerprint density at radius 1 is 0.761 bits per heavy atom. The lowest BCUT2D eigenvalue weighted by Crippen LogP contribution is -1.98. The Hall–Kier alpha value is -4.94. The molecule has 0 atom stereocenters. The number of benzene rings is 3. The molecule has 0 N–H and O–H groups in total. The Morgan fingerprint density at radius 2 is 1.43 bits per heavy atom. The van der Waals surface area contributed by atoms with Crippen molar-refractivity contribution in [3.8, 4) is 0 Å². The second-order valence-electron chi connectivity index (χ2n) is 11.8. The SMILES string of the molecule is C=C/C=C\c1c(C)c(/C=C(\C=C)C(=C)/C=C(\C=C/CC)c2cccc(/C(C)=C(C)/C(=C\C=C)C(=C)C)c2C)c(C)c2ccccc12. The number of hydrogen-bond acceptors (Lipinski definition) is 0. The predicted octanol–water partition coefficient (Wildman–Crippen LogP) is 13.6. The molecule has 3 aromatic carbocycles. The summed E-state index contributed by atoms with van der Waals surface area (Å²) in [6.45, 7) is 35.9. The Bertz CT molecular complexity index is 1880. The van der Waals surface area contributed by atoms with Gasteiger partial charge >= 0.3 is 0 Å². The second kappa shape index (κ2) is 16.4. The molecule has 0 nitrogen and oxygen atoms in total. The first kappa shape index (κ1) is 35.5. The van der Waals surface area contributed by atoms with Gasteiger partial charge in [0, 0.05) is 0 Å². The average Bonchev–Trinajstić information content (AvgIpc) is 3.05. The van der Waals surface area contributed by atoms with Gasteiger partial charge in [-0.2, -0.15) is 0 Å². The summed E-state index contributed by atoms with van der Waals surface area (Å²) in [6.07, 6.45) is 21.6. The minimum atomic E-state index is 0.910. The van der Waals surface area contributed by atoms with Gasteiger partial charge in [0.05, 0.1) is 0 Å². The van der Waals surface area contributed by atoms with E-state index in [0.717, 1.165) is 34.3 Å². The van der Waals surface area contributed by atoms with Crippen LogP contribution in [0.4, 0.5) is 0 Å². The standard InChI is InChI=1S/C46H50/c1-13-17-23-39(42-28-21-27-41(35(42)10)34(9)33(8)40(22-15-3)31(5)6)29-32(7)38(16-4)30-46-36(11)43(24-18-14-2)45-26-20-19-25-44(45)37(46)12/h14-30H,2-5,7,13H2,1,6,8-12H3/b23-17-,24-18-,34-33+,38-30+,39-29+,40-22-. The fourth-order valence-electron chi connectivity index (χ4n) is 6.05. The highest BCUT2D eigenvalue weighted by Gasteiger charge is 2.15. The molecule has 0 spiro atoms. The number of allylic oxidation sites excluding steroid dienone is 15. The van der Waals surface area contributed by atoms with Crippen molar-refractivity contribution >= 4 is 34.1 Å². The van der Waals surface area contributed by atoms with Gasteiger partial charge in [0.1, 0.15) is 0 Å². The molecule has 0 fully saturated rings. The lowest BCUT2D eigenvalue weighted by atomic mass is 9.87. The van der Waals surface area contributed by atoms with Crippen LogP contribution in [0.5, 0.6) is 0 Å². The van der Waals surface area contributed by atoms with Gasteiger partial charge in [-0.3, -0.25) is 0 Å². The molecule has 0 radical (unpaired) electrons. The third-order valence-electron chi connectivity index (χ3n) is 8.75. The van der Waals surface area contributed by atoms with Crippen LogP contribution in [0.15, 0.2) is 152 Å². The quantitative estimate of drug-likeness (QED) is 0.171.